The van der Waals surface area contributed by atoms with E-state index in [0.717, 1.165) is 5.56 Å². The van der Waals surface area contributed by atoms with Crippen LogP contribution in [0, 0.1) is 0 Å². The molecule has 0 radical (unpaired) electrons. The Bertz CT molecular complexity index is 558. The fraction of sp³-hybridized carbons (Fsp3) is 0.200. The van der Waals surface area contributed by atoms with Crippen molar-refractivity contribution in [1.29, 1.82) is 0 Å². The maximum atomic E-state index is 12.1. The van der Waals surface area contributed by atoms with Gasteiger partial charge >= 0.3 is 0 Å². The molecule has 1 amide bonds. The van der Waals surface area contributed by atoms with Gasteiger partial charge < -0.3 is 10.1 Å². The van der Waals surface area contributed by atoms with E-state index in [1.165, 1.54) is 6.20 Å². The predicted molar refractivity (Wildman–Crippen MR) is 77.8 cm³/mol. The number of pyridine rings is 1. The molecule has 20 heavy (non-hydrogen) atoms. The number of methoxy groups -OCH3 is 1. The molecule has 0 aliphatic heterocycles. The molecule has 1 atom stereocenters. The van der Waals surface area contributed by atoms with Crippen molar-refractivity contribution in [1.82, 2.24) is 10.3 Å². The summed E-state index contributed by atoms with van der Waals surface area (Å²) in [5, 5.41) is 3.58. The number of rotatable bonds is 5. The summed E-state index contributed by atoms with van der Waals surface area (Å²) in [4.78, 5) is 16.1. The van der Waals surface area contributed by atoms with E-state index in [1.807, 2.05) is 12.1 Å². The molecule has 104 valence electrons. The minimum absolute atomic E-state index is 0.185. The van der Waals surface area contributed by atoms with Gasteiger partial charge in [0, 0.05) is 24.5 Å². The Morgan fingerprint density at radius 2 is 2.10 bits per heavy atom. The molecule has 0 aliphatic rings. The first kappa shape index (κ1) is 14.5. The summed E-state index contributed by atoms with van der Waals surface area (Å²) in [5.74, 6) is -0.185. The van der Waals surface area contributed by atoms with Crippen LogP contribution in [-0.4, -0.2) is 24.6 Å². The minimum atomic E-state index is -0.232. The fourth-order valence-corrected chi connectivity index (χ4v) is 1.95. The number of hydrogen-bond donors (Lipinski definition) is 1. The zero-order chi connectivity index (χ0) is 14.4. The fourth-order valence-electron chi connectivity index (χ4n) is 1.82. The highest BCUT2D eigenvalue weighted by Crippen LogP contribution is 2.17. The number of carbonyl (C=O) groups is 1. The van der Waals surface area contributed by atoms with E-state index in [1.54, 1.807) is 37.6 Å². The highest BCUT2D eigenvalue weighted by atomic mass is 35.5. The third kappa shape index (κ3) is 3.79. The average molecular weight is 291 g/mol. The van der Waals surface area contributed by atoms with Crippen LogP contribution in [0.4, 0.5) is 0 Å². The molecule has 1 heterocycles. The zero-order valence-electron chi connectivity index (χ0n) is 11.0. The standard InChI is InChI=1S/C15H15ClN2O2/c1-20-10-14(11-4-6-13(16)7-5-11)18-15(19)12-3-2-8-17-9-12/h2-9,14H,10H2,1H3,(H,18,19). The minimum Gasteiger partial charge on any atom is -0.382 e. The highest BCUT2D eigenvalue weighted by molar-refractivity contribution is 6.30. The number of halogens is 1. The molecule has 0 bridgehead atoms. The maximum absolute atomic E-state index is 12.1. The number of amides is 1. The van der Waals surface area contributed by atoms with Gasteiger partial charge in [0.1, 0.15) is 0 Å². The first-order valence-electron chi connectivity index (χ1n) is 6.16. The lowest BCUT2D eigenvalue weighted by Crippen LogP contribution is -2.31. The number of aromatic nitrogens is 1. The average Bonchev–Trinajstić information content (AvgIpc) is 2.48. The van der Waals surface area contributed by atoms with E-state index < -0.39 is 0 Å². The van der Waals surface area contributed by atoms with Crippen LogP contribution in [0.3, 0.4) is 0 Å². The molecule has 1 aromatic carbocycles. The second-order valence-corrected chi connectivity index (χ2v) is 4.71. The summed E-state index contributed by atoms with van der Waals surface area (Å²) in [6.07, 6.45) is 3.16. The molecule has 0 aliphatic carbocycles. The Morgan fingerprint density at radius 3 is 2.70 bits per heavy atom. The quantitative estimate of drug-likeness (QED) is 0.921. The Labute approximate surface area is 122 Å². The van der Waals surface area contributed by atoms with Crippen molar-refractivity contribution < 1.29 is 9.53 Å². The lowest BCUT2D eigenvalue weighted by atomic mass is 10.1. The molecule has 1 N–H and O–H groups in total. The number of ether oxygens (including phenoxy) is 1. The Balaban J connectivity index is 2.13. The maximum Gasteiger partial charge on any atom is 0.253 e. The van der Waals surface area contributed by atoms with Gasteiger partial charge in [-0.15, -0.1) is 0 Å². The van der Waals surface area contributed by atoms with Crippen LogP contribution in [0.15, 0.2) is 48.8 Å². The van der Waals surface area contributed by atoms with Crippen LogP contribution in [0.1, 0.15) is 22.0 Å². The Hall–Kier alpha value is -1.91. The van der Waals surface area contributed by atoms with Crippen LogP contribution >= 0.6 is 11.6 Å². The first-order chi connectivity index (χ1) is 9.70. The molecule has 5 heteroatoms. The van der Waals surface area contributed by atoms with Gasteiger partial charge in [-0.25, -0.2) is 0 Å². The molecule has 1 aromatic heterocycles. The SMILES string of the molecule is COCC(NC(=O)c1cccnc1)c1ccc(Cl)cc1. The van der Waals surface area contributed by atoms with Crippen molar-refractivity contribution in [3.8, 4) is 0 Å². The van der Waals surface area contributed by atoms with Crippen molar-refractivity contribution in [2.75, 3.05) is 13.7 Å². The summed E-state index contributed by atoms with van der Waals surface area (Å²) < 4.78 is 5.16. The first-order valence-corrected chi connectivity index (χ1v) is 6.54. The van der Waals surface area contributed by atoms with Gasteiger partial charge in [0.2, 0.25) is 0 Å². The van der Waals surface area contributed by atoms with Crippen LogP contribution < -0.4 is 5.32 Å². The normalized spacial score (nSPS) is 11.9. The molecule has 0 saturated heterocycles. The lowest BCUT2D eigenvalue weighted by molar-refractivity contribution is 0.0896. The second-order valence-electron chi connectivity index (χ2n) is 4.27. The van der Waals surface area contributed by atoms with E-state index in [9.17, 15) is 4.79 Å². The van der Waals surface area contributed by atoms with E-state index in [4.69, 9.17) is 16.3 Å². The van der Waals surface area contributed by atoms with Gasteiger partial charge in [0.05, 0.1) is 18.2 Å². The summed E-state index contributed by atoms with van der Waals surface area (Å²) in [6, 6.07) is 10.5. The van der Waals surface area contributed by atoms with Crippen molar-refractivity contribution in [2.45, 2.75) is 6.04 Å². The summed E-state index contributed by atoms with van der Waals surface area (Å²) in [6.45, 7) is 0.383. The van der Waals surface area contributed by atoms with Crippen molar-refractivity contribution in [3.63, 3.8) is 0 Å². The third-order valence-electron chi connectivity index (χ3n) is 2.83. The number of carbonyl (C=O) groups excluding carboxylic acids is 1. The predicted octanol–water partition coefficient (Wildman–Crippen LogP) is 2.85. The second kappa shape index (κ2) is 7.03. The van der Waals surface area contributed by atoms with Crippen LogP contribution in [-0.2, 0) is 4.74 Å². The van der Waals surface area contributed by atoms with E-state index >= 15 is 0 Å². The smallest absolute Gasteiger partial charge is 0.253 e. The zero-order valence-corrected chi connectivity index (χ0v) is 11.8. The Kier molecular flexibility index (Phi) is 5.09. The van der Waals surface area contributed by atoms with Crippen molar-refractivity contribution in [2.24, 2.45) is 0 Å². The van der Waals surface area contributed by atoms with Gasteiger partial charge in [-0.2, -0.15) is 0 Å². The largest absolute Gasteiger partial charge is 0.382 e. The van der Waals surface area contributed by atoms with Gasteiger partial charge in [-0.05, 0) is 29.8 Å². The van der Waals surface area contributed by atoms with Crippen LogP contribution in [0.25, 0.3) is 0 Å². The number of nitrogens with one attached hydrogen (secondary N) is 1. The molecule has 1 unspecified atom stereocenters. The van der Waals surface area contributed by atoms with Crippen molar-refractivity contribution in [3.05, 3.63) is 64.9 Å². The summed E-state index contributed by atoms with van der Waals surface area (Å²) in [7, 11) is 1.60. The molecule has 4 nitrogen and oxygen atoms in total. The number of nitrogens with zero attached hydrogens (tertiary/aromatic N) is 1. The van der Waals surface area contributed by atoms with E-state index in [2.05, 4.69) is 10.3 Å². The van der Waals surface area contributed by atoms with E-state index in [-0.39, 0.29) is 11.9 Å². The molecular weight excluding hydrogens is 276 g/mol. The molecule has 2 aromatic rings. The molecule has 2 rings (SSSR count). The monoisotopic (exact) mass is 290 g/mol. The number of benzene rings is 1. The summed E-state index contributed by atoms with van der Waals surface area (Å²) in [5.41, 5.74) is 1.45. The highest BCUT2D eigenvalue weighted by Gasteiger charge is 2.15. The topological polar surface area (TPSA) is 51.2 Å². The molecule has 0 fully saturated rings. The van der Waals surface area contributed by atoms with Gasteiger partial charge in [0.25, 0.3) is 5.91 Å². The van der Waals surface area contributed by atoms with Gasteiger partial charge in [0.15, 0.2) is 0 Å². The summed E-state index contributed by atoms with van der Waals surface area (Å²) >= 11 is 5.87. The Morgan fingerprint density at radius 1 is 1.35 bits per heavy atom. The van der Waals surface area contributed by atoms with E-state index in [0.29, 0.717) is 17.2 Å². The third-order valence-corrected chi connectivity index (χ3v) is 3.09. The molecule has 0 saturated carbocycles. The number of hydrogen-bond acceptors (Lipinski definition) is 3. The molecule has 0 spiro atoms. The lowest BCUT2D eigenvalue weighted by Gasteiger charge is -2.18. The van der Waals surface area contributed by atoms with Gasteiger partial charge in [-0.1, -0.05) is 23.7 Å². The van der Waals surface area contributed by atoms with Crippen LogP contribution in [0.5, 0.6) is 0 Å². The molecular formula is C15H15ClN2O2. The van der Waals surface area contributed by atoms with Crippen molar-refractivity contribution >= 4 is 17.5 Å². The van der Waals surface area contributed by atoms with Crippen LogP contribution in [0.2, 0.25) is 5.02 Å². The van der Waals surface area contributed by atoms with Gasteiger partial charge in [-0.3, -0.25) is 9.78 Å².